The Balaban J connectivity index is 1.01. The first-order chi connectivity index (χ1) is 37.1. The first-order valence-corrected chi connectivity index (χ1v) is 30.6. The van der Waals surface area contributed by atoms with Crippen molar-refractivity contribution < 1.29 is 14.7 Å². The Morgan fingerprint density at radius 2 is 1.18 bits per heavy atom. The molecule has 0 bridgehead atoms. The van der Waals surface area contributed by atoms with Gasteiger partial charge in [0.05, 0.1) is 17.2 Å². The SMILES string of the molecule is C#CC1CC(NC2CCC([C@@H](Cc3ccc4c(C(=O)NCc5c(SC)cc(C)[nH]c5=O)c(C)n([C@H](C)C5CCC(NC6CC(O)C6)CC5)c4c3)n3c(C)c(C(=O)NCc4c(SC)cc(C)[nH]c4=O)c4ccccc43)CC2)C1. The number of aryl methyl sites for hydroxylation is 2. The summed E-state index contributed by atoms with van der Waals surface area (Å²) in [4.78, 5) is 63.3. The fraction of sp³-hybridized carbons (Fsp3) is 0.516. The number of aliphatic hydroxyl groups excluding tert-OH is 1. The molecule has 4 heterocycles. The number of benzene rings is 2. The quantitative estimate of drug-likeness (QED) is 0.0326. The number of hydrogen-bond donors (Lipinski definition) is 7. The van der Waals surface area contributed by atoms with E-state index in [1.54, 1.807) is 0 Å². The van der Waals surface area contributed by atoms with E-state index in [0.29, 0.717) is 70.6 Å². The van der Waals surface area contributed by atoms with Gasteiger partial charge in [-0.3, -0.25) is 19.2 Å². The number of aromatic amines is 2. The predicted octanol–water partition coefficient (Wildman–Crippen LogP) is 10.1. The van der Waals surface area contributed by atoms with Crippen LogP contribution in [-0.2, 0) is 19.5 Å². The summed E-state index contributed by atoms with van der Waals surface area (Å²) in [6.45, 7) is 10.4. The summed E-state index contributed by atoms with van der Waals surface area (Å²) in [6.07, 6.45) is 22.3. The number of nitrogens with zero attached hydrogens (tertiary/aromatic N) is 2. The molecule has 4 aliphatic rings. The van der Waals surface area contributed by atoms with Crippen LogP contribution in [0.2, 0.25) is 0 Å². The summed E-state index contributed by atoms with van der Waals surface area (Å²) >= 11 is 3.00. The van der Waals surface area contributed by atoms with Gasteiger partial charge in [0.2, 0.25) is 0 Å². The second kappa shape index (κ2) is 23.5. The highest BCUT2D eigenvalue weighted by Crippen LogP contribution is 2.43. The number of terminal acetylenes is 1. The lowest BCUT2D eigenvalue weighted by molar-refractivity contribution is 0.0532. The van der Waals surface area contributed by atoms with Crippen LogP contribution in [0.4, 0.5) is 0 Å². The molecule has 0 spiro atoms. The van der Waals surface area contributed by atoms with E-state index in [1.807, 2.05) is 50.6 Å². The van der Waals surface area contributed by atoms with Crippen molar-refractivity contribution in [3.63, 3.8) is 0 Å². The Hall–Kier alpha value is -5.50. The first-order valence-electron chi connectivity index (χ1n) is 28.1. The van der Waals surface area contributed by atoms with Crippen LogP contribution in [0.1, 0.15) is 156 Å². The lowest BCUT2D eigenvalue weighted by atomic mass is 9.77. The third-order valence-corrected chi connectivity index (χ3v) is 19.7. The summed E-state index contributed by atoms with van der Waals surface area (Å²) in [6, 6.07) is 20.7. The topological polar surface area (TPSA) is 178 Å². The van der Waals surface area contributed by atoms with Crippen molar-refractivity contribution in [1.29, 1.82) is 0 Å². The van der Waals surface area contributed by atoms with Gasteiger partial charge in [0.25, 0.3) is 22.9 Å². The lowest BCUT2D eigenvalue weighted by Gasteiger charge is -2.40. The third kappa shape index (κ3) is 11.4. The number of aromatic nitrogens is 4. The molecule has 0 radical (unpaired) electrons. The van der Waals surface area contributed by atoms with Gasteiger partial charge in [-0.2, -0.15) is 0 Å². The molecule has 0 unspecified atom stereocenters. The number of pyridine rings is 2. The number of rotatable bonds is 18. The van der Waals surface area contributed by atoms with E-state index in [9.17, 15) is 24.3 Å². The maximum absolute atomic E-state index is 14.7. The molecule has 13 nitrogen and oxygen atoms in total. The van der Waals surface area contributed by atoms with Crippen LogP contribution >= 0.6 is 23.5 Å². The van der Waals surface area contributed by atoms with Gasteiger partial charge in [0.15, 0.2) is 0 Å². The standard InChI is InChI=1S/C62H78N8O5S2/c1-9-39-26-45(27-39)67-44-21-17-42(18-22-44)53(70-38(6)58(48-12-10-11-13-52(48)70)62(75)64-33-51-56(77-8)25-35(3)66-60(51)73)28-40-14-23-49-54(29-40)69(36(4)41-15-19-43(20-16-41)68-46-30-47(71)31-46)37(5)57(49)61(74)63-32-50-55(76-7)24-34(2)65-59(50)72/h1,10-14,23-25,29,36,39,41-47,53,67-68,71H,15-22,26-28,30-33H2,2-8H3,(H,63,74)(H,64,75)(H,65,72)(H,66,73)/t36-,39?,41?,42?,43?,44?,45?,46?,47?,53-/m1/s1. The zero-order chi connectivity index (χ0) is 54.2. The largest absolute Gasteiger partial charge is 0.393 e. The first kappa shape index (κ1) is 54.8. The Morgan fingerprint density at radius 3 is 1.71 bits per heavy atom. The monoisotopic (exact) mass is 1080 g/mol. The molecule has 0 aliphatic heterocycles. The number of H-pyrrole nitrogens is 2. The van der Waals surface area contributed by atoms with Crippen molar-refractivity contribution in [2.45, 2.75) is 183 Å². The predicted molar refractivity (Wildman–Crippen MR) is 312 cm³/mol. The minimum absolute atomic E-state index is 0.0000907. The highest BCUT2D eigenvalue weighted by molar-refractivity contribution is 7.98. The number of nitrogens with one attached hydrogen (secondary N) is 6. The molecule has 15 heteroatoms. The number of aliphatic hydroxyl groups is 1. The van der Waals surface area contributed by atoms with E-state index in [0.717, 1.165) is 137 Å². The minimum atomic E-state index is -0.209. The molecule has 4 aliphatic carbocycles. The van der Waals surface area contributed by atoms with Crippen LogP contribution in [0.15, 0.2) is 74.0 Å². The fourth-order valence-corrected chi connectivity index (χ4v) is 15.2. The normalized spacial score (nSPS) is 24.2. The molecule has 4 fully saturated rings. The van der Waals surface area contributed by atoms with E-state index >= 15 is 0 Å². The van der Waals surface area contributed by atoms with Crippen molar-refractivity contribution in [2.75, 3.05) is 12.5 Å². The Bertz CT molecular complexity index is 3320. The summed E-state index contributed by atoms with van der Waals surface area (Å²) in [5.74, 6) is 3.60. The molecular formula is C62H78N8O5S2. The molecule has 10 rings (SSSR count). The number of hydrogen-bond acceptors (Lipinski definition) is 9. The van der Waals surface area contributed by atoms with Gasteiger partial charge in [0.1, 0.15) is 0 Å². The van der Waals surface area contributed by atoms with Crippen LogP contribution in [-0.4, -0.2) is 78.8 Å². The third-order valence-electron chi connectivity index (χ3n) is 18.1. The van der Waals surface area contributed by atoms with Gasteiger partial charge < -0.3 is 45.5 Å². The molecule has 0 saturated heterocycles. The maximum atomic E-state index is 14.7. The van der Waals surface area contributed by atoms with Gasteiger partial charge in [-0.05, 0) is 172 Å². The van der Waals surface area contributed by atoms with Crippen LogP contribution in [0.5, 0.6) is 0 Å². The van der Waals surface area contributed by atoms with Gasteiger partial charge >= 0.3 is 0 Å². The number of carbonyl (C=O) groups is 2. The average molecular weight is 1080 g/mol. The van der Waals surface area contributed by atoms with Crippen molar-refractivity contribution in [1.82, 2.24) is 40.4 Å². The van der Waals surface area contributed by atoms with Crippen LogP contribution < -0.4 is 32.4 Å². The van der Waals surface area contributed by atoms with Crippen LogP contribution in [0.3, 0.4) is 0 Å². The van der Waals surface area contributed by atoms with E-state index in [1.165, 1.54) is 23.5 Å². The van der Waals surface area contributed by atoms with Crippen molar-refractivity contribution >= 4 is 57.1 Å². The zero-order valence-corrected chi connectivity index (χ0v) is 47.6. The smallest absolute Gasteiger partial charge is 0.254 e. The van der Waals surface area contributed by atoms with Crippen LogP contribution in [0.25, 0.3) is 21.8 Å². The van der Waals surface area contributed by atoms with Crippen molar-refractivity contribution in [3.05, 3.63) is 126 Å². The number of carbonyl (C=O) groups excluding carboxylic acids is 2. The van der Waals surface area contributed by atoms with E-state index in [-0.39, 0.29) is 54.2 Å². The molecule has 408 valence electrons. The number of para-hydroxylation sites is 1. The molecule has 2 amide bonds. The molecule has 2 atom stereocenters. The van der Waals surface area contributed by atoms with Crippen molar-refractivity contribution in [2.24, 2.45) is 17.8 Å². The highest BCUT2D eigenvalue weighted by atomic mass is 32.2. The molecule has 7 N–H and O–H groups in total. The lowest BCUT2D eigenvalue weighted by Crippen LogP contribution is -2.49. The Kier molecular flexibility index (Phi) is 16.7. The molecule has 77 heavy (non-hydrogen) atoms. The van der Waals surface area contributed by atoms with E-state index in [4.69, 9.17) is 6.42 Å². The minimum Gasteiger partial charge on any atom is -0.393 e. The van der Waals surface area contributed by atoms with Gasteiger partial charge in [-0.1, -0.05) is 30.3 Å². The summed E-state index contributed by atoms with van der Waals surface area (Å²) in [7, 11) is 0. The number of amides is 2. The maximum Gasteiger partial charge on any atom is 0.254 e. The zero-order valence-electron chi connectivity index (χ0n) is 45.9. The summed E-state index contributed by atoms with van der Waals surface area (Å²) < 4.78 is 4.87. The van der Waals surface area contributed by atoms with E-state index in [2.05, 4.69) is 97.4 Å². The van der Waals surface area contributed by atoms with Crippen LogP contribution in [0, 0.1) is 57.8 Å². The second-order valence-corrected chi connectivity index (χ2v) is 24.7. The number of thioether (sulfide) groups is 2. The molecule has 2 aromatic carbocycles. The van der Waals surface area contributed by atoms with Crippen molar-refractivity contribution in [3.8, 4) is 12.3 Å². The molecule has 6 aromatic rings. The van der Waals surface area contributed by atoms with Gasteiger partial charge in [0, 0.05) is 121 Å². The Labute approximate surface area is 461 Å². The second-order valence-electron chi connectivity index (χ2n) is 23.0. The molecule has 4 saturated carbocycles. The van der Waals surface area contributed by atoms with Gasteiger partial charge in [-0.25, -0.2) is 0 Å². The molecule has 4 aromatic heterocycles. The van der Waals surface area contributed by atoms with Gasteiger partial charge in [-0.15, -0.1) is 35.9 Å². The summed E-state index contributed by atoms with van der Waals surface area (Å²) in [5.41, 5.74) is 8.54. The van der Waals surface area contributed by atoms with E-state index < -0.39 is 0 Å². The summed E-state index contributed by atoms with van der Waals surface area (Å²) in [5, 5.41) is 25.9. The fourth-order valence-electron chi connectivity index (χ4n) is 13.8. The average Bonchev–Trinajstić information content (AvgIpc) is 3.89. The Morgan fingerprint density at radius 1 is 0.675 bits per heavy atom. The molecular weight excluding hydrogens is 1000 g/mol. The highest BCUT2D eigenvalue weighted by Gasteiger charge is 2.37. The number of fused-ring (bicyclic) bond motifs is 2.